The average molecular weight is 220 g/mol. The molecule has 0 aromatic carbocycles. The van der Waals surface area contributed by atoms with Gasteiger partial charge in [0.2, 0.25) is 0 Å². The second kappa shape index (κ2) is 5.14. The Morgan fingerprint density at radius 2 is 2.25 bits per heavy atom. The molecule has 1 aromatic heterocycles. The van der Waals surface area contributed by atoms with Crippen LogP contribution in [0.3, 0.4) is 0 Å². The van der Waals surface area contributed by atoms with Crippen molar-refractivity contribution in [2.75, 3.05) is 17.2 Å². The third-order valence-electron chi connectivity index (χ3n) is 3.32. The van der Waals surface area contributed by atoms with Gasteiger partial charge in [-0.2, -0.15) is 0 Å². The van der Waals surface area contributed by atoms with Crippen molar-refractivity contribution in [1.29, 1.82) is 0 Å². The summed E-state index contributed by atoms with van der Waals surface area (Å²) in [6.45, 7) is 3.34. The third-order valence-corrected chi connectivity index (χ3v) is 3.32. The normalized spacial score (nSPS) is 21.8. The Morgan fingerprint density at radius 3 is 3.00 bits per heavy atom. The Morgan fingerprint density at radius 1 is 1.38 bits per heavy atom. The van der Waals surface area contributed by atoms with E-state index in [0.717, 1.165) is 12.4 Å². The smallest absolute Gasteiger partial charge is 0.134 e. The molecule has 0 aliphatic carbocycles. The van der Waals surface area contributed by atoms with Crippen molar-refractivity contribution in [3.05, 3.63) is 12.4 Å². The van der Waals surface area contributed by atoms with Crippen molar-refractivity contribution in [1.82, 2.24) is 9.97 Å². The van der Waals surface area contributed by atoms with Gasteiger partial charge in [0, 0.05) is 18.7 Å². The van der Waals surface area contributed by atoms with Crippen LogP contribution in [0.5, 0.6) is 0 Å². The zero-order valence-corrected chi connectivity index (χ0v) is 9.89. The van der Waals surface area contributed by atoms with E-state index in [9.17, 15) is 0 Å². The molecule has 0 radical (unpaired) electrons. The molecule has 1 fully saturated rings. The van der Waals surface area contributed by atoms with Gasteiger partial charge in [0.1, 0.15) is 18.0 Å². The molecular formula is C12H20N4. The van der Waals surface area contributed by atoms with E-state index in [1.165, 1.54) is 32.1 Å². The van der Waals surface area contributed by atoms with Crippen molar-refractivity contribution in [3.8, 4) is 0 Å². The Balaban J connectivity index is 2.21. The predicted molar refractivity (Wildman–Crippen MR) is 66.3 cm³/mol. The molecule has 16 heavy (non-hydrogen) atoms. The second-order valence-electron chi connectivity index (χ2n) is 4.41. The first kappa shape index (κ1) is 11.2. The van der Waals surface area contributed by atoms with Gasteiger partial charge in [0.05, 0.1) is 0 Å². The second-order valence-corrected chi connectivity index (χ2v) is 4.41. The zero-order chi connectivity index (χ0) is 11.4. The number of rotatable bonds is 2. The van der Waals surface area contributed by atoms with Crippen LogP contribution in [-0.2, 0) is 0 Å². The maximum absolute atomic E-state index is 5.71. The number of hydrogen-bond donors (Lipinski definition) is 1. The van der Waals surface area contributed by atoms with E-state index in [2.05, 4.69) is 21.8 Å². The predicted octanol–water partition coefficient (Wildman–Crippen LogP) is 2.22. The highest BCUT2D eigenvalue weighted by Gasteiger charge is 2.20. The van der Waals surface area contributed by atoms with E-state index in [4.69, 9.17) is 5.73 Å². The number of nitrogen functional groups attached to an aromatic ring is 1. The van der Waals surface area contributed by atoms with Crippen LogP contribution in [-0.4, -0.2) is 22.6 Å². The van der Waals surface area contributed by atoms with Gasteiger partial charge in [0.25, 0.3) is 0 Å². The summed E-state index contributed by atoms with van der Waals surface area (Å²) >= 11 is 0. The molecule has 1 saturated heterocycles. The van der Waals surface area contributed by atoms with Crippen LogP contribution in [0.15, 0.2) is 12.4 Å². The van der Waals surface area contributed by atoms with E-state index in [0.29, 0.717) is 11.9 Å². The first-order valence-electron chi connectivity index (χ1n) is 6.15. The highest BCUT2D eigenvalue weighted by atomic mass is 15.2. The lowest BCUT2D eigenvalue weighted by Gasteiger charge is -2.30. The summed E-state index contributed by atoms with van der Waals surface area (Å²) in [6, 6.07) is 2.49. The minimum absolute atomic E-state index is 0.559. The lowest BCUT2D eigenvalue weighted by atomic mass is 10.1. The maximum atomic E-state index is 5.71. The van der Waals surface area contributed by atoms with Gasteiger partial charge in [-0.1, -0.05) is 19.8 Å². The first-order chi connectivity index (χ1) is 7.81. The fourth-order valence-corrected chi connectivity index (χ4v) is 2.42. The van der Waals surface area contributed by atoms with Crippen molar-refractivity contribution >= 4 is 11.6 Å². The summed E-state index contributed by atoms with van der Waals surface area (Å²) < 4.78 is 0. The van der Waals surface area contributed by atoms with Gasteiger partial charge in [-0.15, -0.1) is 0 Å². The minimum atomic E-state index is 0.559. The average Bonchev–Trinajstić information content (AvgIpc) is 2.53. The van der Waals surface area contributed by atoms with Gasteiger partial charge in [-0.3, -0.25) is 0 Å². The fourth-order valence-electron chi connectivity index (χ4n) is 2.42. The Labute approximate surface area is 96.9 Å². The molecule has 88 valence electrons. The maximum Gasteiger partial charge on any atom is 0.134 e. The highest BCUT2D eigenvalue weighted by molar-refractivity contribution is 5.46. The summed E-state index contributed by atoms with van der Waals surface area (Å²) in [5.74, 6) is 1.55. The summed E-state index contributed by atoms with van der Waals surface area (Å²) in [6.07, 6.45) is 7.90. The van der Waals surface area contributed by atoms with Crippen LogP contribution in [0.4, 0.5) is 11.6 Å². The topological polar surface area (TPSA) is 55.0 Å². The number of anilines is 2. The molecule has 1 aliphatic rings. The van der Waals surface area contributed by atoms with E-state index in [1.54, 1.807) is 6.33 Å². The van der Waals surface area contributed by atoms with Crippen LogP contribution in [0.2, 0.25) is 0 Å². The lowest BCUT2D eigenvalue weighted by Crippen LogP contribution is -2.35. The van der Waals surface area contributed by atoms with Gasteiger partial charge in [-0.25, -0.2) is 9.97 Å². The molecule has 1 unspecified atom stereocenters. The summed E-state index contributed by atoms with van der Waals surface area (Å²) in [7, 11) is 0. The number of hydrogen-bond acceptors (Lipinski definition) is 4. The van der Waals surface area contributed by atoms with E-state index >= 15 is 0 Å². The largest absolute Gasteiger partial charge is 0.384 e. The minimum Gasteiger partial charge on any atom is -0.384 e. The molecule has 2 rings (SSSR count). The molecule has 0 saturated carbocycles. The number of aromatic nitrogens is 2. The lowest BCUT2D eigenvalue weighted by molar-refractivity contribution is 0.552. The fraction of sp³-hybridized carbons (Fsp3) is 0.667. The van der Waals surface area contributed by atoms with Crippen molar-refractivity contribution < 1.29 is 0 Å². The molecule has 1 aliphatic heterocycles. The molecule has 0 spiro atoms. The molecule has 0 bridgehead atoms. The molecule has 2 heterocycles. The highest BCUT2D eigenvalue weighted by Crippen LogP contribution is 2.24. The first-order valence-corrected chi connectivity index (χ1v) is 6.15. The van der Waals surface area contributed by atoms with Crippen molar-refractivity contribution in [2.45, 2.75) is 45.1 Å². The van der Waals surface area contributed by atoms with E-state index in [1.807, 2.05) is 6.07 Å². The molecule has 1 atom stereocenters. The summed E-state index contributed by atoms with van der Waals surface area (Å²) in [5, 5.41) is 0. The van der Waals surface area contributed by atoms with Gasteiger partial charge >= 0.3 is 0 Å². The molecule has 4 heteroatoms. The molecule has 0 amide bonds. The van der Waals surface area contributed by atoms with Crippen LogP contribution in [0.1, 0.15) is 39.0 Å². The van der Waals surface area contributed by atoms with Crippen LogP contribution >= 0.6 is 0 Å². The summed E-state index contributed by atoms with van der Waals surface area (Å²) in [5.41, 5.74) is 5.71. The van der Waals surface area contributed by atoms with Crippen LogP contribution < -0.4 is 10.6 Å². The SMILES string of the molecule is CCC1CCCCCN1c1cc(N)ncn1. The molecule has 2 N–H and O–H groups in total. The number of nitrogens with zero attached hydrogens (tertiary/aromatic N) is 3. The van der Waals surface area contributed by atoms with Gasteiger partial charge in [-0.05, 0) is 19.3 Å². The van der Waals surface area contributed by atoms with Crippen molar-refractivity contribution in [3.63, 3.8) is 0 Å². The zero-order valence-electron chi connectivity index (χ0n) is 9.89. The monoisotopic (exact) mass is 220 g/mol. The van der Waals surface area contributed by atoms with E-state index < -0.39 is 0 Å². The van der Waals surface area contributed by atoms with Crippen LogP contribution in [0, 0.1) is 0 Å². The third kappa shape index (κ3) is 2.43. The standard InChI is InChI=1S/C12H20N4/c1-2-10-6-4-3-5-7-16(10)12-8-11(13)14-9-15-12/h8-10H,2-7H2,1H3,(H2,13,14,15). The molecule has 1 aromatic rings. The Kier molecular flexibility index (Phi) is 3.59. The summed E-state index contributed by atoms with van der Waals surface area (Å²) in [4.78, 5) is 10.7. The Bertz CT molecular complexity index is 340. The van der Waals surface area contributed by atoms with Crippen LogP contribution in [0.25, 0.3) is 0 Å². The molecule has 4 nitrogen and oxygen atoms in total. The van der Waals surface area contributed by atoms with Crippen molar-refractivity contribution in [2.24, 2.45) is 0 Å². The number of nitrogens with two attached hydrogens (primary N) is 1. The quantitative estimate of drug-likeness (QED) is 0.830. The van der Waals surface area contributed by atoms with Gasteiger partial charge in [0.15, 0.2) is 0 Å². The van der Waals surface area contributed by atoms with Gasteiger partial charge < -0.3 is 10.6 Å². The Hall–Kier alpha value is -1.32. The molecular weight excluding hydrogens is 200 g/mol. The van der Waals surface area contributed by atoms with E-state index in [-0.39, 0.29) is 0 Å².